The van der Waals surface area contributed by atoms with Crippen molar-refractivity contribution in [1.29, 1.82) is 0 Å². The number of hydrogen-bond donors (Lipinski definition) is 2. The van der Waals surface area contributed by atoms with Crippen LogP contribution in [-0.2, 0) is 4.79 Å². The van der Waals surface area contributed by atoms with Gasteiger partial charge in [-0.15, -0.1) is 0 Å². The zero-order chi connectivity index (χ0) is 12.0. The number of halogens is 1. The van der Waals surface area contributed by atoms with Crippen molar-refractivity contribution in [2.45, 2.75) is 26.3 Å². The van der Waals surface area contributed by atoms with Gasteiger partial charge in [0.15, 0.2) is 0 Å². The van der Waals surface area contributed by atoms with Crippen LogP contribution in [0.1, 0.15) is 20.3 Å². The van der Waals surface area contributed by atoms with Gasteiger partial charge < -0.3 is 10.6 Å². The van der Waals surface area contributed by atoms with E-state index in [1.165, 1.54) is 6.20 Å². The fraction of sp³-hybridized carbons (Fsp3) is 0.500. The molecular weight excluding hydrogens is 228 g/mol. The molecular formula is C10H15ClN4O. The van der Waals surface area contributed by atoms with Gasteiger partial charge in [0.2, 0.25) is 11.2 Å². The third-order valence-electron chi connectivity index (χ3n) is 1.94. The minimum absolute atomic E-state index is 0.0942. The monoisotopic (exact) mass is 242 g/mol. The van der Waals surface area contributed by atoms with E-state index in [0.29, 0.717) is 12.2 Å². The largest absolute Gasteiger partial charge is 0.314 e. The summed E-state index contributed by atoms with van der Waals surface area (Å²) in [6.45, 7) is 4.79. The van der Waals surface area contributed by atoms with Gasteiger partial charge in [-0.2, -0.15) is 0 Å². The van der Waals surface area contributed by atoms with E-state index in [9.17, 15) is 4.79 Å². The van der Waals surface area contributed by atoms with Crippen molar-refractivity contribution >= 4 is 23.3 Å². The summed E-state index contributed by atoms with van der Waals surface area (Å²) in [6, 6.07) is 1.74. The van der Waals surface area contributed by atoms with Crippen molar-refractivity contribution in [3.05, 3.63) is 17.5 Å². The topological polar surface area (TPSA) is 66.9 Å². The number of aromatic nitrogens is 2. The predicted octanol–water partition coefficient (Wildman–Crippen LogP) is 1.46. The zero-order valence-electron chi connectivity index (χ0n) is 9.33. The Balaban J connectivity index is 2.45. The van der Waals surface area contributed by atoms with Gasteiger partial charge in [0.1, 0.15) is 5.82 Å². The predicted molar refractivity (Wildman–Crippen MR) is 63.4 cm³/mol. The normalized spacial score (nSPS) is 12.2. The van der Waals surface area contributed by atoms with Crippen LogP contribution in [0.4, 0.5) is 5.82 Å². The molecule has 0 bridgehead atoms. The van der Waals surface area contributed by atoms with Crippen LogP contribution in [0.2, 0.25) is 5.28 Å². The van der Waals surface area contributed by atoms with Gasteiger partial charge >= 0.3 is 0 Å². The highest BCUT2D eigenvalue weighted by molar-refractivity contribution is 6.28. The van der Waals surface area contributed by atoms with E-state index in [0.717, 1.165) is 6.54 Å². The van der Waals surface area contributed by atoms with Crippen LogP contribution in [0.25, 0.3) is 0 Å². The molecule has 0 saturated heterocycles. The summed E-state index contributed by atoms with van der Waals surface area (Å²) in [5.74, 6) is 0.330. The molecule has 0 aliphatic rings. The molecule has 1 aromatic heterocycles. The number of nitrogens with one attached hydrogen (secondary N) is 2. The molecule has 1 atom stereocenters. The first-order valence-corrected chi connectivity index (χ1v) is 5.51. The van der Waals surface area contributed by atoms with E-state index in [1.54, 1.807) is 6.07 Å². The first kappa shape index (κ1) is 12.9. The minimum Gasteiger partial charge on any atom is -0.314 e. The van der Waals surface area contributed by atoms with Crippen molar-refractivity contribution in [1.82, 2.24) is 15.3 Å². The summed E-state index contributed by atoms with van der Waals surface area (Å²) >= 11 is 5.60. The molecule has 1 unspecified atom stereocenters. The average Bonchev–Trinajstić information content (AvgIpc) is 2.17. The minimum atomic E-state index is -0.0942. The number of anilines is 1. The lowest BCUT2D eigenvalue weighted by Gasteiger charge is -2.11. The highest BCUT2D eigenvalue weighted by Gasteiger charge is 2.08. The average molecular weight is 243 g/mol. The molecule has 1 rings (SSSR count). The summed E-state index contributed by atoms with van der Waals surface area (Å²) in [4.78, 5) is 19.2. The van der Waals surface area contributed by atoms with Crippen LogP contribution in [0, 0.1) is 0 Å². The Kier molecular flexibility index (Phi) is 5.14. The lowest BCUT2D eigenvalue weighted by molar-refractivity contribution is -0.116. The van der Waals surface area contributed by atoms with Crippen LogP contribution < -0.4 is 10.6 Å². The van der Waals surface area contributed by atoms with Crippen molar-refractivity contribution in [2.24, 2.45) is 0 Å². The Morgan fingerprint density at radius 3 is 3.00 bits per heavy atom. The second-order valence-electron chi connectivity index (χ2n) is 3.42. The molecule has 0 spiro atoms. The molecule has 0 fully saturated rings. The van der Waals surface area contributed by atoms with E-state index >= 15 is 0 Å². The molecule has 0 saturated carbocycles. The summed E-state index contributed by atoms with van der Waals surface area (Å²) in [5.41, 5.74) is 0. The molecule has 5 nitrogen and oxygen atoms in total. The number of amides is 1. The molecule has 6 heteroatoms. The summed E-state index contributed by atoms with van der Waals surface area (Å²) in [6.07, 6.45) is 1.90. The quantitative estimate of drug-likeness (QED) is 0.767. The third-order valence-corrected chi connectivity index (χ3v) is 2.12. The fourth-order valence-corrected chi connectivity index (χ4v) is 1.44. The Labute approximate surface area is 99.6 Å². The van der Waals surface area contributed by atoms with E-state index < -0.39 is 0 Å². The Morgan fingerprint density at radius 2 is 2.38 bits per heavy atom. The van der Waals surface area contributed by atoms with Gasteiger partial charge in [0.05, 0.1) is 0 Å². The molecule has 0 aliphatic carbocycles. The lowest BCUT2D eigenvalue weighted by Crippen LogP contribution is -2.30. The fourth-order valence-electron chi connectivity index (χ4n) is 1.30. The van der Waals surface area contributed by atoms with Gasteiger partial charge in [0, 0.05) is 18.7 Å². The summed E-state index contributed by atoms with van der Waals surface area (Å²) in [7, 11) is 0. The summed E-state index contributed by atoms with van der Waals surface area (Å²) in [5, 5.41) is 5.93. The van der Waals surface area contributed by atoms with E-state index in [2.05, 4.69) is 20.6 Å². The number of carbonyl (C=O) groups excluding carboxylic acids is 1. The lowest BCUT2D eigenvalue weighted by atomic mass is 10.2. The molecule has 88 valence electrons. The molecule has 1 heterocycles. The second kappa shape index (κ2) is 6.40. The van der Waals surface area contributed by atoms with Crippen LogP contribution in [0.15, 0.2) is 12.3 Å². The molecule has 0 radical (unpaired) electrons. The van der Waals surface area contributed by atoms with Gasteiger partial charge in [-0.1, -0.05) is 6.92 Å². The van der Waals surface area contributed by atoms with Gasteiger partial charge in [-0.05, 0) is 31.1 Å². The van der Waals surface area contributed by atoms with Gasteiger partial charge in [-0.25, -0.2) is 9.97 Å². The maximum Gasteiger partial charge on any atom is 0.227 e. The van der Waals surface area contributed by atoms with E-state index in [1.807, 2.05) is 13.8 Å². The molecule has 16 heavy (non-hydrogen) atoms. The standard InChI is InChI=1S/C10H15ClN4O/c1-3-12-7(2)6-9(16)14-8-4-5-13-10(11)15-8/h4-5,7,12H,3,6H2,1-2H3,(H,13,14,15,16). The van der Waals surface area contributed by atoms with Crippen molar-refractivity contribution < 1.29 is 4.79 Å². The van der Waals surface area contributed by atoms with E-state index in [4.69, 9.17) is 11.6 Å². The third kappa shape index (κ3) is 4.55. The number of carbonyl (C=O) groups is 1. The SMILES string of the molecule is CCNC(C)CC(=O)Nc1ccnc(Cl)n1. The molecule has 0 aromatic carbocycles. The molecule has 1 amide bonds. The maximum atomic E-state index is 11.6. The molecule has 1 aromatic rings. The first-order valence-electron chi connectivity index (χ1n) is 5.13. The van der Waals surface area contributed by atoms with Crippen LogP contribution in [0.5, 0.6) is 0 Å². The van der Waals surface area contributed by atoms with Gasteiger partial charge in [0.25, 0.3) is 0 Å². The summed E-state index contributed by atoms with van der Waals surface area (Å²) < 4.78 is 0. The first-order chi connectivity index (χ1) is 7.61. The van der Waals surface area contributed by atoms with Crippen molar-refractivity contribution in [2.75, 3.05) is 11.9 Å². The zero-order valence-corrected chi connectivity index (χ0v) is 10.1. The molecule has 2 N–H and O–H groups in total. The maximum absolute atomic E-state index is 11.6. The highest BCUT2D eigenvalue weighted by atomic mass is 35.5. The number of nitrogens with zero attached hydrogens (tertiary/aromatic N) is 2. The number of rotatable bonds is 5. The van der Waals surface area contributed by atoms with Crippen molar-refractivity contribution in [3.63, 3.8) is 0 Å². The smallest absolute Gasteiger partial charge is 0.227 e. The second-order valence-corrected chi connectivity index (χ2v) is 3.76. The number of hydrogen-bond acceptors (Lipinski definition) is 4. The van der Waals surface area contributed by atoms with Crippen LogP contribution in [0.3, 0.4) is 0 Å². The van der Waals surface area contributed by atoms with Crippen LogP contribution in [-0.4, -0.2) is 28.5 Å². The van der Waals surface area contributed by atoms with Crippen LogP contribution >= 0.6 is 11.6 Å². The Bertz CT molecular complexity index is 358. The van der Waals surface area contributed by atoms with E-state index in [-0.39, 0.29) is 17.2 Å². The highest BCUT2D eigenvalue weighted by Crippen LogP contribution is 2.06. The van der Waals surface area contributed by atoms with Gasteiger partial charge in [-0.3, -0.25) is 4.79 Å². The Hall–Kier alpha value is -1.20. The van der Waals surface area contributed by atoms with Crippen molar-refractivity contribution in [3.8, 4) is 0 Å². The molecule has 0 aliphatic heterocycles. The Morgan fingerprint density at radius 1 is 1.62 bits per heavy atom.